The summed E-state index contributed by atoms with van der Waals surface area (Å²) in [7, 11) is 3.42. The molecule has 0 aliphatic carbocycles. The van der Waals surface area contributed by atoms with Gasteiger partial charge in [0.2, 0.25) is 5.82 Å². The molecule has 3 N–H and O–H groups in total. The number of aryl methyl sites for hydroxylation is 1. The first kappa shape index (κ1) is 21.7. The molecule has 2 aromatic heterocycles. The summed E-state index contributed by atoms with van der Waals surface area (Å²) < 4.78 is 10.7. The maximum atomic E-state index is 5.42. The molecule has 0 unspecified atom stereocenters. The number of nitrogens with zero attached hydrogens (tertiary/aromatic N) is 3. The molecule has 2 heterocycles. The number of ether oxygens (including phenoxy) is 1. The fourth-order valence-corrected chi connectivity index (χ4v) is 2.70. The summed E-state index contributed by atoms with van der Waals surface area (Å²) in [4.78, 5) is 8.63. The third-order valence-corrected chi connectivity index (χ3v) is 4.04. The van der Waals surface area contributed by atoms with Gasteiger partial charge in [0.25, 0.3) is 0 Å². The molecule has 0 atom stereocenters. The van der Waals surface area contributed by atoms with Gasteiger partial charge in [0, 0.05) is 13.6 Å². The van der Waals surface area contributed by atoms with E-state index in [1.807, 2.05) is 18.2 Å². The number of aliphatic imine (C=N–C) groups is 1. The van der Waals surface area contributed by atoms with E-state index < -0.39 is 0 Å². The first-order chi connectivity index (χ1) is 13.2. The van der Waals surface area contributed by atoms with Gasteiger partial charge in [-0.25, -0.2) is 4.98 Å². The Labute approximate surface area is 181 Å². The Bertz CT molecular complexity index is 892. The number of hydrogen-bond acceptors (Lipinski definition) is 5. The summed E-state index contributed by atoms with van der Waals surface area (Å²) in [6.45, 7) is 3.28. The van der Waals surface area contributed by atoms with Crippen LogP contribution in [0.15, 0.2) is 46.0 Å². The molecule has 3 rings (SSSR count). The van der Waals surface area contributed by atoms with Crippen molar-refractivity contribution in [3.05, 3.63) is 53.5 Å². The van der Waals surface area contributed by atoms with Gasteiger partial charge in [-0.05, 0) is 37.1 Å². The predicted octanol–water partition coefficient (Wildman–Crippen LogP) is 2.91. The fourth-order valence-electron chi connectivity index (χ4n) is 2.70. The highest BCUT2D eigenvalue weighted by Gasteiger charge is 2.09. The van der Waals surface area contributed by atoms with Gasteiger partial charge in [-0.3, -0.25) is 10.1 Å². The smallest absolute Gasteiger partial charge is 0.216 e. The van der Waals surface area contributed by atoms with E-state index in [9.17, 15) is 0 Å². The number of hydrogen-bond donors (Lipinski definition) is 3. The number of aromatic nitrogens is 3. The van der Waals surface area contributed by atoms with Crippen LogP contribution in [0.5, 0.6) is 5.75 Å². The molecule has 0 aliphatic heterocycles. The van der Waals surface area contributed by atoms with Gasteiger partial charge in [-0.15, -0.1) is 29.1 Å². The summed E-state index contributed by atoms with van der Waals surface area (Å²) in [5.74, 6) is 3.46. The van der Waals surface area contributed by atoms with Crippen LogP contribution in [0.4, 0.5) is 0 Å². The standard InChI is InChI=1S/C19H24N6O2.HI/c1-13-6-7-15(26-3)14(11-13)8-9-21-19(20-2)22-12-17-23-18(25-24-17)16-5-4-10-27-16;/h4-7,10-11H,8-9,12H2,1-3H3,(H2,20,21,22)(H,23,24,25);1H. The second kappa shape index (κ2) is 10.7. The van der Waals surface area contributed by atoms with Gasteiger partial charge in [-0.2, -0.15) is 0 Å². The van der Waals surface area contributed by atoms with Gasteiger partial charge < -0.3 is 19.8 Å². The summed E-state index contributed by atoms with van der Waals surface area (Å²) in [6, 6.07) is 9.81. The van der Waals surface area contributed by atoms with Crippen LogP contribution in [0.1, 0.15) is 17.0 Å². The van der Waals surface area contributed by atoms with Crippen LogP contribution >= 0.6 is 24.0 Å². The first-order valence-electron chi connectivity index (χ1n) is 8.73. The van der Waals surface area contributed by atoms with Crippen LogP contribution in [0.25, 0.3) is 11.6 Å². The van der Waals surface area contributed by atoms with E-state index in [4.69, 9.17) is 9.15 Å². The lowest BCUT2D eigenvalue weighted by Gasteiger charge is -2.13. The van der Waals surface area contributed by atoms with Crippen molar-refractivity contribution in [1.82, 2.24) is 25.8 Å². The number of halogens is 1. The van der Waals surface area contributed by atoms with E-state index in [1.54, 1.807) is 26.5 Å². The molecule has 0 radical (unpaired) electrons. The van der Waals surface area contributed by atoms with Crippen molar-refractivity contribution in [1.29, 1.82) is 0 Å². The van der Waals surface area contributed by atoms with Crippen LogP contribution in [0.3, 0.4) is 0 Å². The van der Waals surface area contributed by atoms with E-state index in [-0.39, 0.29) is 24.0 Å². The molecule has 0 fully saturated rings. The number of H-pyrrole nitrogens is 1. The van der Waals surface area contributed by atoms with Crippen LogP contribution in [-0.2, 0) is 13.0 Å². The molecule has 0 saturated carbocycles. The lowest BCUT2D eigenvalue weighted by Crippen LogP contribution is -2.38. The highest BCUT2D eigenvalue weighted by Crippen LogP contribution is 2.19. The third-order valence-electron chi connectivity index (χ3n) is 4.04. The van der Waals surface area contributed by atoms with E-state index in [1.165, 1.54) is 11.1 Å². The van der Waals surface area contributed by atoms with Crippen LogP contribution in [0, 0.1) is 6.92 Å². The number of guanidine groups is 1. The largest absolute Gasteiger partial charge is 0.496 e. The number of methoxy groups -OCH3 is 1. The van der Waals surface area contributed by atoms with Crippen LogP contribution in [0.2, 0.25) is 0 Å². The molecule has 0 aliphatic rings. The van der Waals surface area contributed by atoms with Crippen molar-refractivity contribution < 1.29 is 9.15 Å². The van der Waals surface area contributed by atoms with Gasteiger partial charge in [0.15, 0.2) is 11.7 Å². The second-order valence-corrected chi connectivity index (χ2v) is 6.00. The van der Waals surface area contributed by atoms with Gasteiger partial charge >= 0.3 is 0 Å². The van der Waals surface area contributed by atoms with Crippen molar-refractivity contribution in [2.75, 3.05) is 20.7 Å². The monoisotopic (exact) mass is 496 g/mol. The van der Waals surface area contributed by atoms with Gasteiger partial charge in [-0.1, -0.05) is 17.7 Å². The normalized spacial score (nSPS) is 11.0. The Kier molecular flexibility index (Phi) is 8.30. The summed E-state index contributed by atoms with van der Waals surface area (Å²) in [5.41, 5.74) is 2.38. The van der Waals surface area contributed by atoms with Crippen LogP contribution in [-0.4, -0.2) is 41.8 Å². The average Bonchev–Trinajstić information content (AvgIpc) is 3.36. The molecule has 1 aromatic carbocycles. The van der Waals surface area contributed by atoms with E-state index in [2.05, 4.69) is 43.8 Å². The van der Waals surface area contributed by atoms with E-state index >= 15 is 0 Å². The minimum absolute atomic E-state index is 0. The molecule has 28 heavy (non-hydrogen) atoms. The highest BCUT2D eigenvalue weighted by molar-refractivity contribution is 14.0. The summed E-state index contributed by atoms with van der Waals surface area (Å²) in [5, 5.41) is 13.6. The SMILES string of the molecule is CN=C(NCCc1cc(C)ccc1OC)NCc1nc(-c2ccco2)n[nH]1.I. The zero-order valence-electron chi connectivity index (χ0n) is 16.2. The summed E-state index contributed by atoms with van der Waals surface area (Å²) in [6.07, 6.45) is 2.43. The Morgan fingerprint density at radius 3 is 2.86 bits per heavy atom. The predicted molar refractivity (Wildman–Crippen MR) is 119 cm³/mol. The molecule has 8 nitrogen and oxygen atoms in total. The topological polar surface area (TPSA) is 100 Å². The fraction of sp³-hybridized carbons (Fsp3) is 0.316. The Morgan fingerprint density at radius 2 is 2.14 bits per heavy atom. The molecule has 9 heteroatoms. The Hall–Kier alpha value is -2.56. The van der Waals surface area contributed by atoms with Crippen molar-refractivity contribution in [3.8, 4) is 17.3 Å². The average molecular weight is 496 g/mol. The number of rotatable bonds is 7. The number of nitrogens with one attached hydrogen (secondary N) is 3. The maximum absolute atomic E-state index is 5.42. The number of benzene rings is 1. The molecule has 3 aromatic rings. The molecule has 0 bridgehead atoms. The first-order valence-corrected chi connectivity index (χ1v) is 8.73. The van der Waals surface area contributed by atoms with Crippen molar-refractivity contribution in [2.24, 2.45) is 4.99 Å². The third kappa shape index (κ3) is 5.72. The Balaban J connectivity index is 0.00000280. The molecule has 0 amide bonds. The van der Waals surface area contributed by atoms with Gasteiger partial charge in [0.1, 0.15) is 11.6 Å². The van der Waals surface area contributed by atoms with Crippen molar-refractivity contribution >= 4 is 29.9 Å². The zero-order chi connectivity index (χ0) is 19.1. The molecule has 0 saturated heterocycles. The molecule has 0 spiro atoms. The lowest BCUT2D eigenvalue weighted by molar-refractivity contribution is 0.409. The number of aromatic amines is 1. The molecule has 150 valence electrons. The van der Waals surface area contributed by atoms with E-state index in [0.29, 0.717) is 29.9 Å². The molecular formula is C19H25IN6O2. The van der Waals surface area contributed by atoms with Crippen molar-refractivity contribution in [3.63, 3.8) is 0 Å². The number of furan rings is 1. The lowest BCUT2D eigenvalue weighted by atomic mass is 10.1. The van der Waals surface area contributed by atoms with E-state index in [0.717, 1.165) is 18.7 Å². The zero-order valence-corrected chi connectivity index (χ0v) is 18.5. The maximum Gasteiger partial charge on any atom is 0.216 e. The highest BCUT2D eigenvalue weighted by atomic mass is 127. The van der Waals surface area contributed by atoms with Gasteiger partial charge in [0.05, 0.1) is 19.9 Å². The van der Waals surface area contributed by atoms with Crippen LogP contribution < -0.4 is 15.4 Å². The molecular weight excluding hydrogens is 471 g/mol. The minimum atomic E-state index is 0. The Morgan fingerprint density at radius 1 is 1.29 bits per heavy atom. The summed E-state index contributed by atoms with van der Waals surface area (Å²) >= 11 is 0. The quantitative estimate of drug-likeness (QED) is 0.264. The second-order valence-electron chi connectivity index (χ2n) is 6.00. The minimum Gasteiger partial charge on any atom is -0.496 e. The van der Waals surface area contributed by atoms with Crippen molar-refractivity contribution in [2.45, 2.75) is 19.9 Å².